The van der Waals surface area contributed by atoms with Gasteiger partial charge >= 0.3 is 6.01 Å². The largest absolute Gasteiger partial charge is 0.460 e. The van der Waals surface area contributed by atoms with Gasteiger partial charge in [-0.3, -0.25) is 0 Å². The summed E-state index contributed by atoms with van der Waals surface area (Å²) in [5, 5.41) is 13.9. The third kappa shape index (κ3) is 3.56. The average molecular weight is 310 g/mol. The SMILES string of the molecule is NCC(O)COc1nc(-c2ccccc2)n(-c2ccccc2)n1. The van der Waals surface area contributed by atoms with Crippen LogP contribution in [0, 0.1) is 0 Å². The highest BCUT2D eigenvalue weighted by Gasteiger charge is 2.15. The molecule has 1 atom stereocenters. The normalized spacial score (nSPS) is 12.1. The van der Waals surface area contributed by atoms with Gasteiger partial charge in [-0.15, -0.1) is 5.10 Å². The second-order valence-electron chi connectivity index (χ2n) is 5.03. The van der Waals surface area contributed by atoms with E-state index < -0.39 is 6.10 Å². The van der Waals surface area contributed by atoms with Crippen LogP contribution in [0.2, 0.25) is 0 Å². The van der Waals surface area contributed by atoms with Crippen molar-refractivity contribution in [3.05, 3.63) is 60.7 Å². The van der Waals surface area contributed by atoms with Gasteiger partial charge in [-0.05, 0) is 12.1 Å². The first kappa shape index (κ1) is 15.2. The summed E-state index contributed by atoms with van der Waals surface area (Å²) in [7, 11) is 0. The van der Waals surface area contributed by atoms with Gasteiger partial charge in [-0.25, -0.2) is 4.68 Å². The molecule has 0 aliphatic heterocycles. The second-order valence-corrected chi connectivity index (χ2v) is 5.03. The van der Waals surface area contributed by atoms with Gasteiger partial charge in [0.15, 0.2) is 5.82 Å². The Morgan fingerprint density at radius 2 is 1.70 bits per heavy atom. The van der Waals surface area contributed by atoms with Gasteiger partial charge in [0.2, 0.25) is 0 Å². The Morgan fingerprint density at radius 3 is 2.35 bits per heavy atom. The maximum Gasteiger partial charge on any atom is 0.336 e. The molecular formula is C17H18N4O2. The first-order valence-corrected chi connectivity index (χ1v) is 7.37. The van der Waals surface area contributed by atoms with E-state index in [1.807, 2.05) is 60.7 Å². The minimum absolute atomic E-state index is 0.0591. The number of para-hydroxylation sites is 1. The fourth-order valence-corrected chi connectivity index (χ4v) is 2.12. The van der Waals surface area contributed by atoms with Gasteiger partial charge < -0.3 is 15.6 Å². The molecule has 6 nitrogen and oxygen atoms in total. The van der Waals surface area contributed by atoms with Crippen LogP contribution in [0.3, 0.4) is 0 Å². The molecule has 3 aromatic rings. The lowest BCUT2D eigenvalue weighted by atomic mass is 10.2. The highest BCUT2D eigenvalue weighted by molar-refractivity contribution is 5.58. The van der Waals surface area contributed by atoms with E-state index in [2.05, 4.69) is 10.1 Å². The number of hydrogen-bond donors (Lipinski definition) is 2. The van der Waals surface area contributed by atoms with Crippen LogP contribution >= 0.6 is 0 Å². The molecular weight excluding hydrogens is 292 g/mol. The number of nitrogens with two attached hydrogens (primary N) is 1. The van der Waals surface area contributed by atoms with Crippen molar-refractivity contribution >= 4 is 0 Å². The van der Waals surface area contributed by atoms with E-state index in [1.165, 1.54) is 0 Å². The minimum Gasteiger partial charge on any atom is -0.460 e. The molecule has 0 aliphatic carbocycles. The Bertz CT molecular complexity index is 687. The Kier molecular flexibility index (Phi) is 4.65. The number of ether oxygens (including phenoxy) is 1. The molecule has 1 aromatic heterocycles. The van der Waals surface area contributed by atoms with Gasteiger partial charge in [-0.2, -0.15) is 4.98 Å². The Labute approximate surface area is 134 Å². The van der Waals surface area contributed by atoms with Crippen molar-refractivity contribution in [1.82, 2.24) is 14.8 Å². The molecule has 23 heavy (non-hydrogen) atoms. The molecule has 6 heteroatoms. The minimum atomic E-state index is -0.737. The van der Waals surface area contributed by atoms with Crippen LogP contribution in [-0.4, -0.2) is 39.1 Å². The monoisotopic (exact) mass is 310 g/mol. The van der Waals surface area contributed by atoms with Gasteiger partial charge in [0.25, 0.3) is 0 Å². The molecule has 1 unspecified atom stereocenters. The molecule has 0 spiro atoms. The van der Waals surface area contributed by atoms with Crippen molar-refractivity contribution in [2.75, 3.05) is 13.2 Å². The van der Waals surface area contributed by atoms with Crippen LogP contribution in [0.4, 0.5) is 0 Å². The molecule has 0 saturated heterocycles. The predicted molar refractivity (Wildman–Crippen MR) is 87.4 cm³/mol. The van der Waals surface area contributed by atoms with Crippen molar-refractivity contribution in [3.8, 4) is 23.1 Å². The molecule has 3 rings (SSSR count). The quantitative estimate of drug-likeness (QED) is 0.723. The summed E-state index contributed by atoms with van der Waals surface area (Å²) in [6, 6.07) is 19.7. The lowest BCUT2D eigenvalue weighted by Gasteiger charge is -2.06. The van der Waals surface area contributed by atoms with E-state index in [-0.39, 0.29) is 19.2 Å². The van der Waals surface area contributed by atoms with Crippen LogP contribution in [0.15, 0.2) is 60.7 Å². The Hall–Kier alpha value is -2.70. The highest BCUT2D eigenvalue weighted by atomic mass is 16.5. The number of aromatic nitrogens is 3. The van der Waals surface area contributed by atoms with Crippen LogP contribution in [-0.2, 0) is 0 Å². The topological polar surface area (TPSA) is 86.2 Å². The molecule has 0 saturated carbocycles. The summed E-state index contributed by atoms with van der Waals surface area (Å²) in [5.41, 5.74) is 7.19. The van der Waals surface area contributed by atoms with Crippen LogP contribution < -0.4 is 10.5 Å². The first-order valence-electron chi connectivity index (χ1n) is 7.37. The summed E-state index contributed by atoms with van der Waals surface area (Å²) < 4.78 is 7.17. The third-order valence-electron chi connectivity index (χ3n) is 3.30. The number of aliphatic hydroxyl groups is 1. The third-order valence-corrected chi connectivity index (χ3v) is 3.30. The van der Waals surface area contributed by atoms with Gasteiger partial charge in [-0.1, -0.05) is 48.5 Å². The van der Waals surface area contributed by atoms with E-state index in [9.17, 15) is 5.11 Å². The van der Waals surface area contributed by atoms with Crippen molar-refractivity contribution in [1.29, 1.82) is 0 Å². The zero-order valence-electron chi connectivity index (χ0n) is 12.5. The van der Waals surface area contributed by atoms with E-state index in [0.29, 0.717) is 5.82 Å². The predicted octanol–water partition coefficient (Wildman–Crippen LogP) is 1.63. The number of rotatable bonds is 6. The van der Waals surface area contributed by atoms with E-state index in [1.54, 1.807) is 4.68 Å². The van der Waals surface area contributed by atoms with Crippen LogP contribution in [0.25, 0.3) is 17.1 Å². The summed E-state index contributed by atoms with van der Waals surface area (Å²) in [5.74, 6) is 0.675. The van der Waals surface area contributed by atoms with Crippen molar-refractivity contribution in [3.63, 3.8) is 0 Å². The Morgan fingerprint density at radius 1 is 1.04 bits per heavy atom. The van der Waals surface area contributed by atoms with E-state index >= 15 is 0 Å². The van der Waals surface area contributed by atoms with Gasteiger partial charge in [0, 0.05) is 12.1 Å². The molecule has 0 aliphatic rings. The van der Waals surface area contributed by atoms with E-state index in [4.69, 9.17) is 10.5 Å². The lowest BCUT2D eigenvalue weighted by Crippen LogP contribution is -2.26. The molecule has 0 bridgehead atoms. The van der Waals surface area contributed by atoms with Gasteiger partial charge in [0.1, 0.15) is 12.7 Å². The van der Waals surface area contributed by atoms with Crippen molar-refractivity contribution in [2.24, 2.45) is 5.73 Å². The Balaban J connectivity index is 1.97. The average Bonchev–Trinajstić information content (AvgIpc) is 3.05. The van der Waals surface area contributed by atoms with Crippen molar-refractivity contribution in [2.45, 2.75) is 6.10 Å². The second kappa shape index (κ2) is 7.04. The summed E-state index contributed by atoms with van der Waals surface area (Å²) >= 11 is 0. The molecule has 2 aromatic carbocycles. The summed E-state index contributed by atoms with van der Waals surface area (Å²) in [6.07, 6.45) is -0.737. The van der Waals surface area contributed by atoms with Crippen LogP contribution in [0.1, 0.15) is 0 Å². The van der Waals surface area contributed by atoms with Gasteiger partial charge in [0.05, 0.1) is 5.69 Å². The zero-order chi connectivity index (χ0) is 16.1. The maximum atomic E-state index is 9.52. The van der Waals surface area contributed by atoms with Crippen LogP contribution in [0.5, 0.6) is 6.01 Å². The molecule has 1 heterocycles. The number of hydrogen-bond acceptors (Lipinski definition) is 5. The molecule has 0 amide bonds. The molecule has 0 fully saturated rings. The van der Waals surface area contributed by atoms with Crippen molar-refractivity contribution < 1.29 is 9.84 Å². The van der Waals surface area contributed by atoms with E-state index in [0.717, 1.165) is 11.3 Å². The molecule has 118 valence electrons. The highest BCUT2D eigenvalue weighted by Crippen LogP contribution is 2.23. The zero-order valence-corrected chi connectivity index (χ0v) is 12.5. The summed E-state index contributed by atoms with van der Waals surface area (Å²) in [6.45, 7) is 0.189. The lowest BCUT2D eigenvalue weighted by molar-refractivity contribution is 0.108. The fraction of sp³-hybridized carbons (Fsp3) is 0.176. The molecule has 0 radical (unpaired) electrons. The number of nitrogens with zero attached hydrogens (tertiary/aromatic N) is 3. The fourth-order valence-electron chi connectivity index (χ4n) is 2.12. The first-order chi connectivity index (χ1) is 11.3. The summed E-state index contributed by atoms with van der Waals surface area (Å²) in [4.78, 5) is 4.44. The number of benzene rings is 2. The number of aliphatic hydroxyl groups excluding tert-OH is 1. The molecule has 3 N–H and O–H groups in total. The smallest absolute Gasteiger partial charge is 0.336 e. The standard InChI is InChI=1S/C17H18N4O2/c18-11-15(22)12-23-17-19-16(13-7-3-1-4-8-13)21(20-17)14-9-5-2-6-10-14/h1-10,15,22H,11-12,18H2. The maximum absolute atomic E-state index is 9.52.